The Hall–Kier alpha value is -13.7. The molecule has 134 heavy (non-hydrogen) atoms. The van der Waals surface area contributed by atoms with E-state index in [1.165, 1.54) is 43.5 Å². The van der Waals surface area contributed by atoms with E-state index in [-0.39, 0.29) is 131 Å². The number of anilines is 3. The minimum absolute atomic E-state index is 0. The number of hydrogen-bond donors (Lipinski definition) is 4. The van der Waals surface area contributed by atoms with Crippen LogP contribution >= 0.6 is 0 Å². The van der Waals surface area contributed by atoms with Crippen LogP contribution in [0.2, 0.25) is 0 Å². The van der Waals surface area contributed by atoms with Gasteiger partial charge in [-0.25, -0.2) is 23.9 Å². The number of nitro groups is 3. The molecule has 0 aliphatic rings. The van der Waals surface area contributed by atoms with Crippen LogP contribution in [0.3, 0.4) is 0 Å². The summed E-state index contributed by atoms with van der Waals surface area (Å²) in [5.41, 5.74) is 12.1. The molecule has 0 spiro atoms. The molecular formula is C100H112FN11NaO20Pt-. The number of non-ortho nitro benzene ring substituents is 3. The standard InChI is InChI=1S/C23H24N2O5.C20H18N2O4.C20H20N2O2.C14H20N2O4.C12H18N2O3.C10H6FNO2.CH3.Na.Pt.H2.H/c1-23(2,3)30-22(26)15-17-14-16(10-12-24-17)11-13-29-21-9-8-20(25(27)28)18-6-4-5-7-19(18)21;1-14(23)12-16-13-15(8-10-21-16)9-11-26-20-7-6-19(22(24)25)17-4-2-3-5-18(17)20;1-14(23)12-16-13-15(8-10-22-16)9-11-24-20-7-6-19(21)17-4-2-3-5-18(17)20;1-5-19-12(17)9-10-6-7-15-11(8-10)16-13(18)20-14(2,3)4;1-12(2,3)17-11(16)14-10-8-9(5-7-15)4-6-13-10;11-9-5-6-10(12(13)14)8-4-2-1-3-7(8)9;;;;;/h4-10,12,14H,11,13,15H2,1-3H3;2-8,10,13H,9,11-12H2,1H3;2-8,10,13H,9,11-12,21H2,1H3;6-8H,5,9H2,1-4H3,(H,15,16,18);4,6,8,15H,5,7H2,1-3H3,(H,13,14,16);1-6H;1H3;;;1H;/q;;;;;;-1;+1;;;-1. The van der Waals surface area contributed by atoms with Crippen molar-refractivity contribution in [1.82, 2.24) is 24.9 Å². The molecule has 0 radical (unpaired) electrons. The van der Waals surface area contributed by atoms with Crippen LogP contribution in [0.1, 0.15) is 131 Å². The second kappa shape index (κ2) is 54.4. The summed E-state index contributed by atoms with van der Waals surface area (Å²) in [4.78, 5) is 121. The number of hydrogen-bond acceptors (Lipinski definition) is 26. The Morgan fingerprint density at radius 3 is 1.11 bits per heavy atom. The third-order valence-electron chi connectivity index (χ3n) is 18.2. The summed E-state index contributed by atoms with van der Waals surface area (Å²) in [6.07, 6.45) is 10.6. The molecule has 34 heteroatoms. The third kappa shape index (κ3) is 37.9. The molecule has 0 unspecified atom stereocenters. The predicted molar refractivity (Wildman–Crippen MR) is 508 cm³/mol. The Bertz CT molecular complexity index is 6190. The maximum absolute atomic E-state index is 13.2. The SMILES string of the molecule is CC(=O)Cc1cc(CCOc2ccc(N)c3ccccc23)ccn1.CC(=O)Cc1cc(CCOc2ccc([N+](=O)[O-])c3ccccc23)ccn1.CC(C)(C)OC(=O)Cc1cc(CCOc2ccc([N+](=O)[O-])c3ccccc23)ccn1.CC(C)(C)OC(=O)Nc1cc(CCO)ccn1.CCOC(=O)Cc1ccnc(NC(=O)OC(C)(C)C)c1.O=[N+]([O-])c1ccc(F)c2ccccc12.[CH3-].[H-].[HH].[Na+].[Pt]. The van der Waals surface area contributed by atoms with Crippen molar-refractivity contribution in [3.63, 3.8) is 0 Å². The first-order chi connectivity index (χ1) is 62.3. The molecule has 13 aromatic rings. The van der Waals surface area contributed by atoms with Crippen LogP contribution < -0.4 is 60.1 Å². The van der Waals surface area contributed by atoms with Gasteiger partial charge in [0, 0.05) is 154 Å². The molecule has 0 aliphatic carbocycles. The molecule has 0 aliphatic heterocycles. The molecule has 31 nitrogen and oxygen atoms in total. The molecule has 5 aromatic heterocycles. The minimum atomic E-state index is -0.585. The number of carbonyl (C=O) groups is 6. The Kier molecular flexibility index (Phi) is 45.0. The van der Waals surface area contributed by atoms with Gasteiger partial charge >= 0.3 is 53.7 Å². The number of aromatic nitrogens is 5. The fourth-order valence-electron chi connectivity index (χ4n) is 12.8. The number of aliphatic hydroxyl groups is 1. The smallest absolute Gasteiger partial charge is 1.00 e. The van der Waals surface area contributed by atoms with Crippen LogP contribution in [0.15, 0.2) is 237 Å². The largest absolute Gasteiger partial charge is 1.00 e. The molecule has 5 heterocycles. The predicted octanol–water partition coefficient (Wildman–Crippen LogP) is 17.3. The molecule has 0 bridgehead atoms. The van der Waals surface area contributed by atoms with E-state index in [2.05, 4.69) is 35.6 Å². The number of nitrogens with one attached hydrogen (secondary N) is 2. The van der Waals surface area contributed by atoms with Crippen molar-refractivity contribution >= 4 is 113 Å². The Balaban J connectivity index is 0.000000423. The van der Waals surface area contributed by atoms with E-state index in [9.17, 15) is 63.5 Å². The average molecular weight is 2030 g/mol. The first-order valence-electron chi connectivity index (χ1n) is 41.8. The number of fused-ring (bicyclic) bond motifs is 4. The van der Waals surface area contributed by atoms with Gasteiger partial charge in [-0.15, -0.1) is 0 Å². The number of ketones is 2. The Labute approximate surface area is 815 Å². The number of carbonyl (C=O) groups excluding carboxylic acids is 6. The summed E-state index contributed by atoms with van der Waals surface area (Å²) < 4.78 is 51.4. The number of Topliss-reactive ketones (excluding diaryl/α,β-unsaturated/α-hetero) is 2. The second-order valence-corrected chi connectivity index (χ2v) is 32.4. The van der Waals surface area contributed by atoms with Gasteiger partial charge in [0.25, 0.3) is 17.1 Å². The molecule has 5 N–H and O–H groups in total. The average Bonchev–Trinajstić information content (AvgIpc) is 0.795. The number of nitrogens with two attached hydrogens (primary N) is 1. The van der Waals surface area contributed by atoms with Gasteiger partial charge in [-0.05, 0) is 227 Å². The van der Waals surface area contributed by atoms with Crippen LogP contribution in [0.25, 0.3) is 43.1 Å². The molecule has 706 valence electrons. The number of amides is 2. The minimum Gasteiger partial charge on any atom is -1.00 e. The summed E-state index contributed by atoms with van der Waals surface area (Å²) in [7, 11) is 0. The first-order valence-corrected chi connectivity index (χ1v) is 41.8. The molecular weight excluding hydrogens is 1910 g/mol. The molecule has 13 rings (SSSR count). The second-order valence-electron chi connectivity index (χ2n) is 32.4. The Morgan fingerprint density at radius 1 is 0.418 bits per heavy atom. The molecule has 0 saturated heterocycles. The topological polar surface area (TPSA) is 431 Å². The van der Waals surface area contributed by atoms with Gasteiger partial charge in [0.2, 0.25) is 0 Å². The van der Waals surface area contributed by atoms with E-state index in [0.717, 1.165) is 68.3 Å². The zero-order valence-corrected chi connectivity index (χ0v) is 81.5. The van der Waals surface area contributed by atoms with Crippen molar-refractivity contribution in [3.05, 3.63) is 326 Å². The number of aliphatic hydroxyl groups excluding tert-OH is 1. The molecule has 0 saturated carbocycles. The van der Waals surface area contributed by atoms with Gasteiger partial charge in [0.1, 0.15) is 63.1 Å². The zero-order chi connectivity index (χ0) is 95.4. The Morgan fingerprint density at radius 2 is 0.739 bits per heavy atom. The number of nitrogens with zero attached hydrogens (tertiary/aromatic N) is 8. The molecule has 8 aromatic carbocycles. The number of benzene rings is 8. The van der Waals surface area contributed by atoms with Crippen LogP contribution in [0.4, 0.5) is 48.4 Å². The molecule has 0 fully saturated rings. The summed E-state index contributed by atoms with van der Waals surface area (Å²) in [6, 6.07) is 59.1. The van der Waals surface area contributed by atoms with Gasteiger partial charge in [-0.1, -0.05) is 78.9 Å². The number of pyridine rings is 5. The van der Waals surface area contributed by atoms with Crippen LogP contribution in [-0.2, 0) is 111 Å². The van der Waals surface area contributed by atoms with E-state index in [1.54, 1.807) is 153 Å². The van der Waals surface area contributed by atoms with Crippen LogP contribution in [-0.4, -0.2) is 130 Å². The number of ether oxygens (including phenoxy) is 7. The van der Waals surface area contributed by atoms with Gasteiger partial charge in [-0.2, -0.15) is 0 Å². The van der Waals surface area contributed by atoms with Crippen molar-refractivity contribution in [1.29, 1.82) is 0 Å². The van der Waals surface area contributed by atoms with Crippen molar-refractivity contribution in [2.24, 2.45) is 0 Å². The number of nitrogen functional groups attached to an aromatic ring is 1. The van der Waals surface area contributed by atoms with Gasteiger partial charge < -0.3 is 52.9 Å². The number of rotatable bonds is 28. The van der Waals surface area contributed by atoms with Crippen molar-refractivity contribution < 1.29 is 140 Å². The van der Waals surface area contributed by atoms with Gasteiger partial charge in [0.15, 0.2) is 0 Å². The zero-order valence-electron chi connectivity index (χ0n) is 78.3. The van der Waals surface area contributed by atoms with E-state index >= 15 is 0 Å². The van der Waals surface area contributed by atoms with E-state index in [1.807, 2.05) is 118 Å². The van der Waals surface area contributed by atoms with E-state index < -0.39 is 44.7 Å². The third-order valence-corrected chi connectivity index (χ3v) is 18.2. The summed E-state index contributed by atoms with van der Waals surface area (Å²) in [5, 5.41) is 52.0. The number of esters is 2. The maximum atomic E-state index is 13.2. The normalized spacial score (nSPS) is 10.6. The van der Waals surface area contributed by atoms with Crippen molar-refractivity contribution in [2.45, 2.75) is 151 Å². The van der Waals surface area contributed by atoms with E-state index in [0.29, 0.717) is 120 Å². The summed E-state index contributed by atoms with van der Waals surface area (Å²) in [6.45, 7) is 22.8. The quantitative estimate of drug-likeness (QED) is 0.00673. The van der Waals surface area contributed by atoms with Crippen molar-refractivity contribution in [2.75, 3.05) is 49.4 Å². The van der Waals surface area contributed by atoms with Gasteiger partial charge in [0.05, 0.1) is 75.9 Å². The van der Waals surface area contributed by atoms with Crippen LogP contribution in [0.5, 0.6) is 17.2 Å². The number of halogens is 1. The monoisotopic (exact) mass is 2020 g/mol. The summed E-state index contributed by atoms with van der Waals surface area (Å²) >= 11 is 0. The maximum Gasteiger partial charge on any atom is 1.00 e. The van der Waals surface area contributed by atoms with E-state index in [4.69, 9.17) is 44.0 Å². The first kappa shape index (κ1) is 111. The fourth-order valence-corrected chi connectivity index (χ4v) is 12.8. The number of nitro benzene ring substituents is 3. The van der Waals surface area contributed by atoms with Gasteiger partial charge in [-0.3, -0.25) is 75.1 Å². The fraction of sp³-hybridized carbons (Fsp3) is 0.280. The molecule has 2 amide bonds. The van der Waals surface area contributed by atoms with Crippen LogP contribution in [0, 0.1) is 43.6 Å². The van der Waals surface area contributed by atoms with Crippen molar-refractivity contribution in [3.8, 4) is 17.2 Å². The summed E-state index contributed by atoms with van der Waals surface area (Å²) in [5.74, 6) is 1.91. The molecule has 0 atom stereocenters.